The molecule has 1 rings (SSSR count). The molecule has 0 aliphatic carbocycles. The molecule has 8 heteroatoms. The van der Waals surface area contributed by atoms with Gasteiger partial charge in [0.2, 0.25) is 0 Å². The van der Waals surface area contributed by atoms with Gasteiger partial charge < -0.3 is 5.11 Å². The van der Waals surface area contributed by atoms with Gasteiger partial charge in [-0.25, -0.2) is 18.2 Å². The molecule has 0 unspecified atom stereocenters. The molecule has 0 bridgehead atoms. The molecule has 0 saturated heterocycles. The van der Waals surface area contributed by atoms with Crippen molar-refractivity contribution >= 4 is 27.3 Å². The highest BCUT2D eigenvalue weighted by Gasteiger charge is 2.30. The van der Waals surface area contributed by atoms with E-state index in [-0.39, 0.29) is 10.3 Å². The summed E-state index contributed by atoms with van der Waals surface area (Å²) < 4.78 is 24.9. The van der Waals surface area contributed by atoms with Crippen LogP contribution in [0.1, 0.15) is 24.3 Å². The van der Waals surface area contributed by atoms with Crippen LogP contribution < -0.4 is 0 Å². The summed E-state index contributed by atoms with van der Waals surface area (Å²) >= 11 is 0.809. The molecule has 1 N–H and O–H groups in total. The smallest absolute Gasteiger partial charge is 0.356 e. The lowest BCUT2D eigenvalue weighted by Gasteiger charge is -2.19. The zero-order chi connectivity index (χ0) is 12.5. The van der Waals surface area contributed by atoms with Crippen molar-refractivity contribution in [2.75, 3.05) is 7.05 Å². The minimum atomic E-state index is -3.76. The van der Waals surface area contributed by atoms with E-state index in [1.165, 1.54) is 12.6 Å². The lowest BCUT2D eigenvalue weighted by atomic mass is 10.4. The fourth-order valence-electron chi connectivity index (χ4n) is 0.969. The SMILES string of the molecule is CC(C)N(C)S(=O)(=O)c1scnc1C(=O)O. The average Bonchev–Trinajstić information content (AvgIpc) is 2.65. The van der Waals surface area contributed by atoms with E-state index >= 15 is 0 Å². The Labute approximate surface area is 97.6 Å². The number of carboxylic acid groups (broad SMARTS) is 1. The summed E-state index contributed by atoms with van der Waals surface area (Å²) in [5, 5.41) is 8.80. The van der Waals surface area contributed by atoms with Crippen molar-refractivity contribution in [3.05, 3.63) is 11.2 Å². The Balaban J connectivity index is 3.28. The Kier molecular flexibility index (Phi) is 3.66. The molecule has 0 atom stereocenters. The Hall–Kier alpha value is -0.990. The highest BCUT2D eigenvalue weighted by atomic mass is 32.2. The second-order valence-corrected chi connectivity index (χ2v) is 6.46. The highest BCUT2D eigenvalue weighted by Crippen LogP contribution is 2.24. The van der Waals surface area contributed by atoms with Crippen LogP contribution >= 0.6 is 11.3 Å². The predicted octanol–water partition coefficient (Wildman–Crippen LogP) is 0.870. The summed E-state index contributed by atoms with van der Waals surface area (Å²) in [6.45, 7) is 3.41. The van der Waals surface area contributed by atoms with Crippen LogP contribution in [-0.4, -0.2) is 41.9 Å². The van der Waals surface area contributed by atoms with Gasteiger partial charge >= 0.3 is 5.97 Å². The summed E-state index contributed by atoms with van der Waals surface area (Å²) in [5.41, 5.74) is 0.794. The van der Waals surface area contributed by atoms with E-state index in [4.69, 9.17) is 5.11 Å². The quantitative estimate of drug-likeness (QED) is 0.871. The molecule has 0 aromatic carbocycles. The van der Waals surface area contributed by atoms with Gasteiger partial charge in [0.05, 0.1) is 5.51 Å². The number of nitrogens with zero attached hydrogens (tertiary/aromatic N) is 2. The molecule has 0 amide bonds. The van der Waals surface area contributed by atoms with Crippen LogP contribution in [0.15, 0.2) is 9.72 Å². The highest BCUT2D eigenvalue weighted by molar-refractivity contribution is 7.91. The standard InChI is InChI=1S/C8H12N2O4S2/c1-5(2)10(3)16(13,14)8-6(7(11)12)9-4-15-8/h4-5H,1-3H3,(H,11,12). The fraction of sp³-hybridized carbons (Fsp3) is 0.500. The van der Waals surface area contributed by atoms with Crippen molar-refractivity contribution in [1.82, 2.24) is 9.29 Å². The lowest BCUT2D eigenvalue weighted by molar-refractivity contribution is 0.0687. The van der Waals surface area contributed by atoms with Gasteiger partial charge in [0.25, 0.3) is 10.0 Å². The number of hydrogen-bond acceptors (Lipinski definition) is 5. The van der Waals surface area contributed by atoms with Gasteiger partial charge in [0.15, 0.2) is 9.90 Å². The molecule has 90 valence electrons. The molecule has 6 nitrogen and oxygen atoms in total. The largest absolute Gasteiger partial charge is 0.476 e. The molecule has 0 saturated carbocycles. The van der Waals surface area contributed by atoms with Crippen LogP contribution in [0.25, 0.3) is 0 Å². The summed E-state index contributed by atoms with van der Waals surface area (Å²) in [4.78, 5) is 14.3. The van der Waals surface area contributed by atoms with E-state index in [0.29, 0.717) is 0 Å². The van der Waals surface area contributed by atoms with Crippen molar-refractivity contribution in [2.24, 2.45) is 0 Å². The van der Waals surface area contributed by atoms with E-state index in [0.717, 1.165) is 15.6 Å². The summed E-state index contributed by atoms with van der Waals surface area (Å²) in [6.07, 6.45) is 0. The minimum absolute atomic E-state index is 0.226. The molecule has 1 heterocycles. The first-order chi connectivity index (χ1) is 7.28. The van der Waals surface area contributed by atoms with Crippen molar-refractivity contribution in [3.63, 3.8) is 0 Å². The second-order valence-electron chi connectivity index (χ2n) is 3.41. The summed E-state index contributed by atoms with van der Waals surface area (Å²) in [6, 6.07) is -0.242. The van der Waals surface area contributed by atoms with Gasteiger partial charge in [-0.3, -0.25) is 0 Å². The zero-order valence-corrected chi connectivity index (χ0v) is 10.7. The molecule has 1 aromatic heterocycles. The Morgan fingerprint density at radius 2 is 2.12 bits per heavy atom. The Bertz CT molecular complexity index is 492. The third-order valence-corrected chi connectivity index (χ3v) is 5.46. The maximum absolute atomic E-state index is 12.0. The monoisotopic (exact) mass is 264 g/mol. The van der Waals surface area contributed by atoms with E-state index in [1.807, 2.05) is 0 Å². The van der Waals surface area contributed by atoms with E-state index in [9.17, 15) is 13.2 Å². The van der Waals surface area contributed by atoms with E-state index in [2.05, 4.69) is 4.98 Å². The number of aromatic nitrogens is 1. The normalized spacial score (nSPS) is 12.3. The second kappa shape index (κ2) is 4.48. The molecule has 0 aliphatic heterocycles. The number of sulfonamides is 1. The topological polar surface area (TPSA) is 87.6 Å². The molecular weight excluding hydrogens is 252 g/mol. The molecule has 1 aromatic rings. The average molecular weight is 264 g/mol. The lowest BCUT2D eigenvalue weighted by Crippen LogP contribution is -2.33. The van der Waals surface area contributed by atoms with Crippen LogP contribution in [0.3, 0.4) is 0 Å². The van der Waals surface area contributed by atoms with Crippen LogP contribution in [0.5, 0.6) is 0 Å². The van der Waals surface area contributed by atoms with Gasteiger partial charge in [-0.15, -0.1) is 11.3 Å². The molecular formula is C8H12N2O4S2. The van der Waals surface area contributed by atoms with Crippen molar-refractivity contribution in [2.45, 2.75) is 24.1 Å². The minimum Gasteiger partial charge on any atom is -0.476 e. The number of carbonyl (C=O) groups is 1. The number of carboxylic acids is 1. The molecule has 0 fully saturated rings. The van der Waals surface area contributed by atoms with Crippen LogP contribution in [-0.2, 0) is 10.0 Å². The van der Waals surface area contributed by atoms with E-state index in [1.54, 1.807) is 13.8 Å². The Morgan fingerprint density at radius 1 is 1.56 bits per heavy atom. The van der Waals surface area contributed by atoms with Crippen molar-refractivity contribution in [3.8, 4) is 0 Å². The molecule has 16 heavy (non-hydrogen) atoms. The van der Waals surface area contributed by atoms with Crippen molar-refractivity contribution in [1.29, 1.82) is 0 Å². The fourth-order valence-corrected chi connectivity index (χ4v) is 3.64. The third kappa shape index (κ3) is 2.23. The van der Waals surface area contributed by atoms with Gasteiger partial charge in [0.1, 0.15) is 0 Å². The summed E-state index contributed by atoms with van der Waals surface area (Å²) in [5.74, 6) is -1.34. The van der Waals surface area contributed by atoms with Gasteiger partial charge in [-0.1, -0.05) is 0 Å². The number of hydrogen-bond donors (Lipinski definition) is 1. The van der Waals surface area contributed by atoms with Crippen LogP contribution in [0.4, 0.5) is 0 Å². The number of rotatable bonds is 4. The first kappa shape index (κ1) is 13.1. The van der Waals surface area contributed by atoms with E-state index < -0.39 is 21.7 Å². The predicted molar refractivity (Wildman–Crippen MR) is 59.2 cm³/mol. The van der Waals surface area contributed by atoms with Gasteiger partial charge in [-0.2, -0.15) is 4.31 Å². The molecule has 0 spiro atoms. The Morgan fingerprint density at radius 3 is 2.56 bits per heavy atom. The maximum Gasteiger partial charge on any atom is 0.356 e. The maximum atomic E-state index is 12.0. The number of thiazole rings is 1. The molecule has 0 radical (unpaired) electrons. The van der Waals surface area contributed by atoms with Crippen LogP contribution in [0.2, 0.25) is 0 Å². The van der Waals surface area contributed by atoms with Gasteiger partial charge in [-0.05, 0) is 13.8 Å². The first-order valence-electron chi connectivity index (χ1n) is 4.43. The van der Waals surface area contributed by atoms with Gasteiger partial charge in [0, 0.05) is 13.1 Å². The molecule has 0 aliphatic rings. The summed E-state index contributed by atoms with van der Waals surface area (Å²) in [7, 11) is -2.35. The third-order valence-electron chi connectivity index (χ3n) is 2.08. The number of aromatic carboxylic acids is 1. The van der Waals surface area contributed by atoms with Crippen LogP contribution in [0, 0.1) is 0 Å². The zero-order valence-electron chi connectivity index (χ0n) is 9.04. The van der Waals surface area contributed by atoms with Crippen molar-refractivity contribution < 1.29 is 18.3 Å². The first-order valence-corrected chi connectivity index (χ1v) is 6.75.